The minimum atomic E-state index is -3.24. The molecule has 2 atom stereocenters. The Morgan fingerprint density at radius 3 is 2.16 bits per heavy atom. The minimum Gasteiger partial charge on any atom is -0.497 e. The largest absolute Gasteiger partial charge is 0.497 e. The molecule has 0 bridgehead atoms. The lowest BCUT2D eigenvalue weighted by Crippen LogP contribution is -2.44. The molecule has 0 fully saturated rings. The number of alkyl halides is 3. The highest BCUT2D eigenvalue weighted by molar-refractivity contribution is 5.80. The van der Waals surface area contributed by atoms with Gasteiger partial charge < -0.3 is 18.9 Å². The minimum absolute atomic E-state index is 0.0971. The maximum atomic E-state index is 13.7. The normalized spacial score (nSPS) is 12.6. The third kappa shape index (κ3) is 7.99. The van der Waals surface area contributed by atoms with Gasteiger partial charge in [0.25, 0.3) is 12.7 Å². The van der Waals surface area contributed by atoms with E-state index in [0.29, 0.717) is 16.0 Å². The number of para-hydroxylation sites is 2. The van der Waals surface area contributed by atoms with Crippen LogP contribution in [0.1, 0.15) is 38.3 Å². The van der Waals surface area contributed by atoms with Crippen molar-refractivity contribution in [1.82, 2.24) is 9.78 Å². The van der Waals surface area contributed by atoms with Crippen LogP contribution in [0.25, 0.3) is 0 Å². The zero-order chi connectivity index (χ0) is 28.3. The number of hydrogen-bond donors (Lipinski definition) is 0. The van der Waals surface area contributed by atoms with E-state index in [-0.39, 0.29) is 12.3 Å². The maximum Gasteiger partial charge on any atom is 0.348 e. The van der Waals surface area contributed by atoms with Crippen molar-refractivity contribution in [3.63, 3.8) is 0 Å². The molecule has 1 aromatic heterocycles. The predicted molar refractivity (Wildman–Crippen MR) is 133 cm³/mol. The number of esters is 2. The van der Waals surface area contributed by atoms with E-state index in [4.69, 9.17) is 18.9 Å². The molecule has 0 aliphatic rings. The van der Waals surface area contributed by atoms with E-state index in [0.717, 1.165) is 5.75 Å². The molecule has 2 aromatic carbocycles. The molecule has 0 spiro atoms. The van der Waals surface area contributed by atoms with Crippen LogP contribution in [0.5, 0.6) is 11.5 Å². The summed E-state index contributed by atoms with van der Waals surface area (Å²) in [6.45, 7) is 4.25. The summed E-state index contributed by atoms with van der Waals surface area (Å²) in [7, 11) is 2.84. The summed E-state index contributed by atoms with van der Waals surface area (Å²) in [5.41, 5.74) is -0.473. The van der Waals surface area contributed by atoms with Crippen LogP contribution >= 0.6 is 0 Å². The number of nitrogens with zero attached hydrogens (tertiary/aromatic N) is 2. The molecule has 0 N–H and O–H groups in total. The Hall–Kier alpha value is -4.02. The molecule has 0 saturated heterocycles. The predicted octanol–water partition coefficient (Wildman–Crippen LogP) is 5.27. The first kappa shape index (κ1) is 30.2. The van der Waals surface area contributed by atoms with Gasteiger partial charge in [0.15, 0.2) is 0 Å². The van der Waals surface area contributed by atoms with Crippen molar-refractivity contribution in [2.75, 3.05) is 14.2 Å². The van der Waals surface area contributed by atoms with E-state index in [1.807, 2.05) is 30.3 Å². The van der Waals surface area contributed by atoms with Gasteiger partial charge in [0, 0.05) is 24.1 Å². The van der Waals surface area contributed by atoms with Crippen LogP contribution in [0.15, 0.2) is 66.9 Å². The first-order valence-corrected chi connectivity index (χ1v) is 11.5. The lowest BCUT2D eigenvalue weighted by Gasteiger charge is -2.33. The van der Waals surface area contributed by atoms with Gasteiger partial charge in [-0.2, -0.15) is 5.10 Å². The smallest absolute Gasteiger partial charge is 0.348 e. The first-order valence-electron chi connectivity index (χ1n) is 11.5. The van der Waals surface area contributed by atoms with Crippen LogP contribution in [0.3, 0.4) is 0 Å². The Morgan fingerprint density at radius 1 is 0.974 bits per heavy atom. The average molecular weight is 537 g/mol. The fourth-order valence-corrected chi connectivity index (χ4v) is 3.52. The zero-order valence-electron chi connectivity index (χ0n) is 21.8. The second-order valence-corrected chi connectivity index (χ2v) is 8.51. The second-order valence-electron chi connectivity index (χ2n) is 8.51. The van der Waals surface area contributed by atoms with E-state index >= 15 is 0 Å². The number of carbonyl (C=O) groups excluding carboxylic acids is 2. The highest BCUT2D eigenvalue weighted by Gasteiger charge is 2.42. The van der Waals surface area contributed by atoms with Crippen molar-refractivity contribution in [1.29, 1.82) is 0 Å². The molecule has 3 rings (SSSR count). The summed E-state index contributed by atoms with van der Waals surface area (Å²) in [6.07, 6.45) is -5.90. The molecular formula is C27H31F3N2O6. The van der Waals surface area contributed by atoms with Crippen molar-refractivity contribution in [3.8, 4) is 11.5 Å². The Balaban J connectivity index is 0.000000538. The number of rotatable bonds is 10. The number of benzene rings is 2. The van der Waals surface area contributed by atoms with Gasteiger partial charge >= 0.3 is 11.9 Å². The second kappa shape index (κ2) is 14.1. The zero-order valence-corrected chi connectivity index (χ0v) is 21.8. The molecule has 0 radical (unpaired) electrons. The van der Waals surface area contributed by atoms with Crippen molar-refractivity contribution in [2.24, 2.45) is 0 Å². The highest BCUT2D eigenvalue weighted by atomic mass is 19.3. The van der Waals surface area contributed by atoms with Crippen molar-refractivity contribution in [2.45, 2.75) is 51.6 Å². The number of halogens is 3. The van der Waals surface area contributed by atoms with Gasteiger partial charge in [0.05, 0.1) is 19.9 Å². The number of carbonyl (C=O) groups is 2. The number of methoxy groups -OCH3 is 2. The third-order valence-corrected chi connectivity index (χ3v) is 5.48. The topological polar surface area (TPSA) is 88.9 Å². The molecule has 0 amide bonds. The summed E-state index contributed by atoms with van der Waals surface area (Å²) < 4.78 is 60.2. The summed E-state index contributed by atoms with van der Waals surface area (Å²) in [5.74, 6) is -0.210. The van der Waals surface area contributed by atoms with Crippen LogP contribution in [0.2, 0.25) is 0 Å². The lowest BCUT2D eigenvalue weighted by molar-refractivity contribution is -0.169. The molecular weight excluding hydrogens is 505 g/mol. The fourth-order valence-electron chi connectivity index (χ4n) is 3.52. The van der Waals surface area contributed by atoms with E-state index in [1.54, 1.807) is 45.2 Å². The van der Waals surface area contributed by atoms with Gasteiger partial charge in [-0.3, -0.25) is 4.79 Å². The van der Waals surface area contributed by atoms with Gasteiger partial charge in [0.2, 0.25) is 6.10 Å². The fraction of sp³-hybridized carbons (Fsp3) is 0.370. The first-order chi connectivity index (χ1) is 18.0. The van der Waals surface area contributed by atoms with Gasteiger partial charge in [-0.15, -0.1) is 0 Å². The van der Waals surface area contributed by atoms with Gasteiger partial charge in [-0.1, -0.05) is 50.2 Å². The third-order valence-electron chi connectivity index (χ3n) is 5.48. The van der Waals surface area contributed by atoms with E-state index in [2.05, 4.69) is 5.10 Å². The van der Waals surface area contributed by atoms with E-state index in [9.17, 15) is 22.8 Å². The number of hydrogen-bond acceptors (Lipinski definition) is 7. The van der Waals surface area contributed by atoms with Crippen LogP contribution in [0.4, 0.5) is 13.2 Å². The molecule has 0 aliphatic carbocycles. The maximum absolute atomic E-state index is 13.7. The monoisotopic (exact) mass is 536 g/mol. The quantitative estimate of drug-likeness (QED) is 0.326. The summed E-state index contributed by atoms with van der Waals surface area (Å²) >= 11 is 0. The molecule has 0 aliphatic heterocycles. The number of ether oxygens (including phenoxy) is 4. The van der Waals surface area contributed by atoms with Crippen molar-refractivity contribution < 1.29 is 41.7 Å². The van der Waals surface area contributed by atoms with Crippen LogP contribution in [-0.4, -0.2) is 48.5 Å². The summed E-state index contributed by atoms with van der Waals surface area (Å²) in [5, 5.41) is 3.58. The molecule has 0 saturated carbocycles. The average Bonchev–Trinajstić information content (AvgIpc) is 3.39. The molecule has 2 unspecified atom stereocenters. The molecule has 38 heavy (non-hydrogen) atoms. The van der Waals surface area contributed by atoms with Gasteiger partial charge in [-0.05, 0) is 24.3 Å². The molecule has 1 heterocycles. The highest BCUT2D eigenvalue weighted by Crippen LogP contribution is 2.37. The van der Waals surface area contributed by atoms with Crippen LogP contribution in [0, 0.1) is 0 Å². The Labute approximate surface area is 219 Å². The van der Waals surface area contributed by atoms with Gasteiger partial charge in [0.1, 0.15) is 18.1 Å². The molecule has 8 nitrogen and oxygen atoms in total. The van der Waals surface area contributed by atoms with Crippen LogP contribution < -0.4 is 9.47 Å². The van der Waals surface area contributed by atoms with Crippen molar-refractivity contribution in [3.05, 3.63) is 78.1 Å². The lowest BCUT2D eigenvalue weighted by atomic mass is 9.78. The summed E-state index contributed by atoms with van der Waals surface area (Å²) in [4.78, 5) is 23.7. The Bertz CT molecular complexity index is 1170. The molecule has 3 aromatic rings. The molecule has 206 valence electrons. The van der Waals surface area contributed by atoms with E-state index < -0.39 is 36.2 Å². The SMILES string of the molecule is COC(=O)C(OC(C)=O)C(C)(C)c1ccccc1OCc1ccnn1C(F)C(F)F.COc1ccccc1. The van der Waals surface area contributed by atoms with Crippen molar-refractivity contribution >= 4 is 11.9 Å². The van der Waals surface area contributed by atoms with E-state index in [1.165, 1.54) is 26.3 Å². The van der Waals surface area contributed by atoms with Gasteiger partial charge in [-0.25, -0.2) is 22.6 Å². The Morgan fingerprint density at radius 2 is 1.61 bits per heavy atom. The van der Waals surface area contributed by atoms with Crippen LogP contribution in [-0.2, 0) is 31.1 Å². The standard InChI is InChI=1S/C20H23F3N2O5.C7H8O/c1-12(26)30-16(19(27)28-4)20(2,3)14-7-5-6-8-15(14)29-11-13-9-10-24-25(13)18(23)17(21)22;1-8-7-5-3-2-4-6-7/h5-10,16-18H,11H2,1-4H3;2-6H,1H3. The Kier molecular flexibility index (Phi) is 11.2. The molecule has 11 heteroatoms. The number of aromatic nitrogens is 2. The summed E-state index contributed by atoms with van der Waals surface area (Å²) in [6, 6.07) is 17.7.